The van der Waals surface area contributed by atoms with Crippen molar-refractivity contribution in [3.05, 3.63) is 24.3 Å². The summed E-state index contributed by atoms with van der Waals surface area (Å²) in [5.41, 5.74) is 2.10. The normalized spacial score (nSPS) is 13.2. The van der Waals surface area contributed by atoms with Gasteiger partial charge in [0, 0.05) is 12.6 Å². The van der Waals surface area contributed by atoms with E-state index in [0.717, 1.165) is 17.0 Å². The third kappa shape index (κ3) is 2.42. The van der Waals surface area contributed by atoms with E-state index >= 15 is 0 Å². The van der Waals surface area contributed by atoms with Gasteiger partial charge < -0.3 is 15.0 Å². The van der Waals surface area contributed by atoms with Crippen molar-refractivity contribution in [1.29, 1.82) is 0 Å². The molecule has 0 amide bonds. The van der Waals surface area contributed by atoms with Crippen LogP contribution in [0.5, 0.6) is 0 Å². The summed E-state index contributed by atoms with van der Waals surface area (Å²) in [6.45, 7) is 6.52. The predicted molar refractivity (Wildman–Crippen MR) is 70.3 cm³/mol. The van der Waals surface area contributed by atoms with Crippen LogP contribution in [0.25, 0.3) is 11.0 Å². The van der Waals surface area contributed by atoms with Crippen LogP contribution in [-0.4, -0.2) is 27.3 Å². The molecule has 1 atom stereocenters. The maximum atomic E-state index is 9.32. The van der Waals surface area contributed by atoms with Gasteiger partial charge in [-0.05, 0) is 32.9 Å². The zero-order valence-corrected chi connectivity index (χ0v) is 10.5. The van der Waals surface area contributed by atoms with E-state index in [1.807, 2.05) is 18.2 Å². The quantitative estimate of drug-likeness (QED) is 0.852. The molecule has 0 fully saturated rings. The number of aromatic nitrogens is 2. The van der Waals surface area contributed by atoms with Crippen LogP contribution in [0.2, 0.25) is 0 Å². The molecular formula is C13H19N3O. The summed E-state index contributed by atoms with van der Waals surface area (Å²) in [6, 6.07) is 8.40. The van der Waals surface area contributed by atoms with E-state index in [9.17, 15) is 5.11 Å². The number of benzene rings is 1. The molecule has 2 aromatic rings. The number of nitrogens with zero attached hydrogens (tertiary/aromatic N) is 2. The lowest BCUT2D eigenvalue weighted by Gasteiger charge is -2.14. The van der Waals surface area contributed by atoms with E-state index in [2.05, 4.69) is 34.8 Å². The first-order chi connectivity index (χ1) is 8.09. The number of fused-ring (bicyclic) bond motifs is 1. The standard InChI is InChI=1S/C13H19N3O/c1-9(2)16-12-7-5-4-6-11(12)15-13(16)14-8-10(3)17/h4-7,9-10,17H,8H2,1-3H3,(H,14,15)/t10-/m1/s1. The highest BCUT2D eigenvalue weighted by atomic mass is 16.3. The monoisotopic (exact) mass is 233 g/mol. The minimum absolute atomic E-state index is 0.332. The van der Waals surface area contributed by atoms with Crippen LogP contribution in [0.15, 0.2) is 24.3 Å². The molecule has 2 rings (SSSR count). The summed E-state index contributed by atoms with van der Waals surface area (Å²) in [7, 11) is 0. The fraction of sp³-hybridized carbons (Fsp3) is 0.462. The number of nitrogens with one attached hydrogen (secondary N) is 1. The van der Waals surface area contributed by atoms with Gasteiger partial charge in [-0.25, -0.2) is 4.98 Å². The lowest BCUT2D eigenvalue weighted by atomic mass is 10.3. The van der Waals surface area contributed by atoms with E-state index in [4.69, 9.17) is 0 Å². The average Bonchev–Trinajstić information content (AvgIpc) is 2.64. The second-order valence-electron chi connectivity index (χ2n) is 4.62. The van der Waals surface area contributed by atoms with Gasteiger partial charge in [0.05, 0.1) is 17.1 Å². The predicted octanol–water partition coefficient (Wildman–Crippen LogP) is 2.41. The van der Waals surface area contributed by atoms with Crippen molar-refractivity contribution in [2.45, 2.75) is 32.9 Å². The fourth-order valence-electron chi connectivity index (χ4n) is 1.93. The Bertz CT molecular complexity index is 502. The number of aliphatic hydroxyl groups excluding tert-OH is 1. The number of rotatable bonds is 4. The van der Waals surface area contributed by atoms with E-state index in [1.54, 1.807) is 6.92 Å². The maximum absolute atomic E-state index is 9.32. The lowest BCUT2D eigenvalue weighted by molar-refractivity contribution is 0.208. The highest BCUT2D eigenvalue weighted by molar-refractivity contribution is 5.78. The topological polar surface area (TPSA) is 50.1 Å². The van der Waals surface area contributed by atoms with Crippen LogP contribution in [0, 0.1) is 0 Å². The third-order valence-corrected chi connectivity index (χ3v) is 2.67. The van der Waals surface area contributed by atoms with Gasteiger partial charge in [-0.3, -0.25) is 0 Å². The Morgan fingerprint density at radius 2 is 2.00 bits per heavy atom. The maximum Gasteiger partial charge on any atom is 0.204 e. The molecule has 0 bridgehead atoms. The molecule has 1 aromatic carbocycles. The summed E-state index contributed by atoms with van der Waals surface area (Å²) in [5, 5.41) is 12.5. The Labute approximate surface area is 101 Å². The largest absolute Gasteiger partial charge is 0.392 e. The van der Waals surface area contributed by atoms with Gasteiger partial charge in [-0.2, -0.15) is 0 Å². The summed E-state index contributed by atoms with van der Waals surface area (Å²) in [4.78, 5) is 4.55. The van der Waals surface area contributed by atoms with E-state index in [-0.39, 0.29) is 6.10 Å². The van der Waals surface area contributed by atoms with Crippen molar-refractivity contribution in [1.82, 2.24) is 9.55 Å². The molecule has 4 heteroatoms. The third-order valence-electron chi connectivity index (χ3n) is 2.67. The molecule has 0 saturated carbocycles. The first-order valence-electron chi connectivity index (χ1n) is 5.98. The number of aliphatic hydroxyl groups is 1. The van der Waals surface area contributed by atoms with Crippen molar-refractivity contribution < 1.29 is 5.11 Å². The van der Waals surface area contributed by atoms with Crippen LogP contribution in [0.4, 0.5) is 5.95 Å². The van der Waals surface area contributed by atoms with Crippen LogP contribution in [-0.2, 0) is 0 Å². The number of hydrogen-bond acceptors (Lipinski definition) is 3. The van der Waals surface area contributed by atoms with Crippen molar-refractivity contribution in [3.8, 4) is 0 Å². The molecular weight excluding hydrogens is 214 g/mol. The number of imidazole rings is 1. The van der Waals surface area contributed by atoms with Gasteiger partial charge in [0.1, 0.15) is 0 Å². The van der Waals surface area contributed by atoms with Crippen molar-refractivity contribution in [2.75, 3.05) is 11.9 Å². The van der Waals surface area contributed by atoms with Gasteiger partial charge in [0.15, 0.2) is 0 Å². The smallest absolute Gasteiger partial charge is 0.204 e. The Morgan fingerprint density at radius 1 is 1.29 bits per heavy atom. The van der Waals surface area contributed by atoms with Gasteiger partial charge in [-0.1, -0.05) is 12.1 Å². The molecule has 1 aromatic heterocycles. The highest BCUT2D eigenvalue weighted by Gasteiger charge is 2.12. The van der Waals surface area contributed by atoms with Gasteiger partial charge >= 0.3 is 0 Å². The first kappa shape index (κ1) is 11.9. The zero-order chi connectivity index (χ0) is 12.4. The molecule has 0 saturated heterocycles. The molecule has 17 heavy (non-hydrogen) atoms. The Kier molecular flexibility index (Phi) is 3.33. The average molecular weight is 233 g/mol. The Hall–Kier alpha value is -1.55. The number of anilines is 1. The van der Waals surface area contributed by atoms with Crippen LogP contribution in [0.1, 0.15) is 26.8 Å². The molecule has 92 valence electrons. The van der Waals surface area contributed by atoms with Gasteiger partial charge in [0.25, 0.3) is 0 Å². The van der Waals surface area contributed by atoms with Crippen molar-refractivity contribution >= 4 is 17.0 Å². The lowest BCUT2D eigenvalue weighted by Crippen LogP contribution is -2.18. The molecule has 0 spiro atoms. The fourth-order valence-corrected chi connectivity index (χ4v) is 1.93. The Morgan fingerprint density at radius 3 is 2.65 bits per heavy atom. The molecule has 4 nitrogen and oxygen atoms in total. The first-order valence-corrected chi connectivity index (χ1v) is 5.98. The second kappa shape index (κ2) is 4.75. The van der Waals surface area contributed by atoms with Gasteiger partial charge in [-0.15, -0.1) is 0 Å². The summed E-state index contributed by atoms with van der Waals surface area (Å²) < 4.78 is 2.15. The number of hydrogen-bond donors (Lipinski definition) is 2. The zero-order valence-electron chi connectivity index (χ0n) is 10.5. The summed E-state index contributed by atoms with van der Waals surface area (Å²) in [5.74, 6) is 0.821. The SMILES string of the molecule is CC(C)n1c(NC[C@@H](C)O)nc2ccccc21. The summed E-state index contributed by atoms with van der Waals surface area (Å²) in [6.07, 6.45) is -0.379. The van der Waals surface area contributed by atoms with Gasteiger partial charge in [0.2, 0.25) is 5.95 Å². The molecule has 0 radical (unpaired) electrons. The van der Waals surface area contributed by atoms with Crippen LogP contribution >= 0.6 is 0 Å². The van der Waals surface area contributed by atoms with Crippen molar-refractivity contribution in [2.24, 2.45) is 0 Å². The second-order valence-corrected chi connectivity index (χ2v) is 4.62. The molecule has 2 N–H and O–H groups in total. The summed E-state index contributed by atoms with van der Waals surface area (Å²) >= 11 is 0. The molecule has 1 heterocycles. The minimum Gasteiger partial charge on any atom is -0.392 e. The van der Waals surface area contributed by atoms with E-state index in [1.165, 1.54) is 0 Å². The molecule has 0 aliphatic heterocycles. The van der Waals surface area contributed by atoms with Crippen LogP contribution < -0.4 is 5.32 Å². The Balaban J connectivity index is 2.43. The molecule has 0 unspecified atom stereocenters. The van der Waals surface area contributed by atoms with Crippen LogP contribution in [0.3, 0.4) is 0 Å². The minimum atomic E-state index is -0.379. The van der Waals surface area contributed by atoms with E-state index < -0.39 is 0 Å². The number of para-hydroxylation sites is 2. The molecule has 0 aliphatic carbocycles. The van der Waals surface area contributed by atoms with Crippen molar-refractivity contribution in [3.63, 3.8) is 0 Å². The van der Waals surface area contributed by atoms with E-state index in [0.29, 0.717) is 12.6 Å². The molecule has 0 aliphatic rings. The highest BCUT2D eigenvalue weighted by Crippen LogP contribution is 2.23.